The maximum atomic E-state index is 12.4. The lowest BCUT2D eigenvalue weighted by molar-refractivity contribution is 0.478. The first kappa shape index (κ1) is 62.2. The topological polar surface area (TPSA) is 491 Å². The highest BCUT2D eigenvalue weighted by Gasteiger charge is 2.21. The van der Waals surface area contributed by atoms with Gasteiger partial charge in [-0.25, -0.2) is 0 Å². The molecule has 0 radical (unpaired) electrons. The molecule has 6 aromatic carbocycles. The van der Waals surface area contributed by atoms with E-state index in [-0.39, 0.29) is 89.3 Å². The monoisotopic (exact) mass is 1260 g/mol. The van der Waals surface area contributed by atoms with Gasteiger partial charge < -0.3 is 15.5 Å². The Balaban J connectivity index is 1.11. The zero-order chi connectivity index (χ0) is 60.4. The molecule has 38 heteroatoms. The van der Waals surface area contributed by atoms with Crippen molar-refractivity contribution in [3.05, 3.63) is 133 Å². The molecule has 7 aromatic rings. The van der Waals surface area contributed by atoms with Gasteiger partial charge in [-0.2, -0.15) is 96.1 Å². The van der Waals surface area contributed by atoms with Gasteiger partial charge in [-0.15, -0.1) is 10.2 Å². The molecule has 1 heterocycles. The van der Waals surface area contributed by atoms with Crippen molar-refractivity contribution in [2.45, 2.75) is 32.4 Å². The minimum absolute atomic E-state index is 0.0540. The van der Waals surface area contributed by atoms with Crippen LogP contribution in [0.4, 0.5) is 74.7 Å². The molecule has 0 amide bonds. The number of aromatic nitrogens is 3. The second-order valence-corrected chi connectivity index (χ2v) is 25.7. The maximum Gasteiger partial charge on any atom is 0.296 e. The van der Waals surface area contributed by atoms with E-state index in [9.17, 15) is 77.8 Å². The lowest BCUT2D eigenvalue weighted by Gasteiger charge is -2.23. The molecule has 7 rings (SSSR count). The lowest BCUT2D eigenvalue weighted by Crippen LogP contribution is -2.30. The average molecular weight is 1260 g/mol. The molecule has 8 N–H and O–H groups in total. The molecule has 0 bridgehead atoms. The van der Waals surface area contributed by atoms with E-state index in [2.05, 4.69) is 66.5 Å². The van der Waals surface area contributed by atoms with Gasteiger partial charge in [0.1, 0.15) is 21.2 Å². The zero-order valence-corrected chi connectivity index (χ0v) is 46.7. The summed E-state index contributed by atoms with van der Waals surface area (Å²) in [6, 6.07) is 27.9. The number of benzene rings is 6. The third kappa shape index (κ3) is 19.4. The van der Waals surface area contributed by atoms with Crippen LogP contribution in [0.2, 0.25) is 0 Å². The molecular formula is C45H42N14O18S6. The largest absolute Gasteiger partial charge is 0.341 e. The van der Waals surface area contributed by atoms with Crippen molar-refractivity contribution in [2.24, 2.45) is 40.9 Å². The van der Waals surface area contributed by atoms with Crippen molar-refractivity contribution in [3.63, 3.8) is 0 Å². The Morgan fingerprint density at radius 3 is 0.976 bits per heavy atom. The highest BCUT2D eigenvalue weighted by atomic mass is 32.2. The summed E-state index contributed by atoms with van der Waals surface area (Å²) >= 11 is 0. The van der Waals surface area contributed by atoms with Gasteiger partial charge in [0, 0.05) is 24.5 Å². The normalized spacial score (nSPS) is 12.9. The number of nitrogens with one attached hydrogen (secondary N) is 2. The van der Waals surface area contributed by atoms with Crippen molar-refractivity contribution in [2.75, 3.05) is 40.1 Å². The summed E-state index contributed by atoms with van der Waals surface area (Å²) in [7, 11) is -27.6. The van der Waals surface area contributed by atoms with Crippen LogP contribution in [0.5, 0.6) is 0 Å². The Bertz CT molecular complexity index is 4100. The van der Waals surface area contributed by atoms with Gasteiger partial charge in [-0.1, -0.05) is 0 Å². The summed E-state index contributed by atoms with van der Waals surface area (Å²) in [4.78, 5) is 12.5. The van der Waals surface area contributed by atoms with Crippen LogP contribution in [0.3, 0.4) is 0 Å². The van der Waals surface area contributed by atoms with Crippen LogP contribution in [0.25, 0.3) is 0 Å². The molecule has 0 saturated carbocycles. The van der Waals surface area contributed by atoms with Crippen LogP contribution in [0.15, 0.2) is 194 Å². The predicted molar refractivity (Wildman–Crippen MR) is 295 cm³/mol. The Morgan fingerprint density at radius 2 is 0.663 bits per heavy atom. The molecule has 0 aliphatic heterocycles. The van der Waals surface area contributed by atoms with E-state index < -0.39 is 91.8 Å². The molecule has 436 valence electrons. The second kappa shape index (κ2) is 25.8. The van der Waals surface area contributed by atoms with Crippen LogP contribution in [-0.4, -0.2) is 117 Å². The van der Waals surface area contributed by atoms with Crippen LogP contribution in [0.1, 0.15) is 12.8 Å². The summed E-state index contributed by atoms with van der Waals surface area (Å²) < 4.78 is 198. The number of hydrogen-bond acceptors (Lipinski definition) is 26. The van der Waals surface area contributed by atoms with Crippen molar-refractivity contribution in [3.8, 4) is 0 Å². The first-order chi connectivity index (χ1) is 38.8. The molecule has 0 fully saturated rings. The van der Waals surface area contributed by atoms with Crippen molar-refractivity contribution in [1.82, 2.24) is 15.0 Å². The third-order valence-electron chi connectivity index (χ3n) is 10.6. The van der Waals surface area contributed by atoms with E-state index in [1.165, 1.54) is 102 Å². The number of anilines is 5. The number of nitrogens with zero attached hydrogens (tertiary/aromatic N) is 12. The first-order valence-electron chi connectivity index (χ1n) is 23.0. The first-order valence-corrected chi connectivity index (χ1v) is 32.0. The van der Waals surface area contributed by atoms with Gasteiger partial charge in [-0.05, 0) is 146 Å². The maximum absolute atomic E-state index is 12.4. The SMILES string of the molecule is O=S(=O)(O)CCCN(CCCS(=O)(=O)O)c1nc(Nc2ccc(N=Nc3ccc(N=Nc4ccc(S(=O)(=O)O)cc4)cc3S(=O)(=O)O)cc2)nc(Nc2ccc(N=Nc3ccc(N=Nc4ccc(S(=O)(=O)O)cc4)cc3S(=O)(=O)O)cc2)n1. The van der Waals surface area contributed by atoms with Gasteiger partial charge in [0.25, 0.3) is 60.7 Å². The van der Waals surface area contributed by atoms with E-state index in [4.69, 9.17) is 0 Å². The molecule has 0 saturated heterocycles. The Kier molecular flexibility index (Phi) is 19.3. The highest BCUT2D eigenvalue weighted by molar-refractivity contribution is 7.87. The number of hydrogen-bond donors (Lipinski definition) is 8. The minimum Gasteiger partial charge on any atom is -0.341 e. The molecule has 0 aliphatic carbocycles. The van der Waals surface area contributed by atoms with Crippen LogP contribution in [-0.2, 0) is 60.7 Å². The molecule has 83 heavy (non-hydrogen) atoms. The molecule has 0 spiro atoms. The van der Waals surface area contributed by atoms with Gasteiger partial charge >= 0.3 is 0 Å². The molecule has 0 unspecified atom stereocenters. The van der Waals surface area contributed by atoms with Gasteiger partial charge in [0.2, 0.25) is 17.8 Å². The summed E-state index contributed by atoms with van der Waals surface area (Å²) in [5.41, 5.74) is 0.542. The molecular weight excluding hydrogens is 1220 g/mol. The molecule has 0 aliphatic rings. The van der Waals surface area contributed by atoms with Crippen LogP contribution >= 0.6 is 0 Å². The smallest absolute Gasteiger partial charge is 0.296 e. The van der Waals surface area contributed by atoms with Crippen LogP contribution in [0, 0.1) is 0 Å². The van der Waals surface area contributed by atoms with E-state index in [1.807, 2.05) is 0 Å². The summed E-state index contributed by atoms with van der Waals surface area (Å²) in [5.74, 6) is -1.81. The fraction of sp³-hybridized carbons (Fsp3) is 0.133. The molecule has 0 atom stereocenters. The highest BCUT2D eigenvalue weighted by Crippen LogP contribution is 2.34. The predicted octanol–water partition coefficient (Wildman–Crippen LogP) is 9.37. The summed E-state index contributed by atoms with van der Waals surface area (Å²) in [6.07, 6.45) is -0.373. The summed E-state index contributed by atoms with van der Waals surface area (Å²) in [6.45, 7) is -0.308. The number of azo groups is 4. The van der Waals surface area contributed by atoms with E-state index in [0.717, 1.165) is 36.4 Å². The van der Waals surface area contributed by atoms with Crippen molar-refractivity contribution < 1.29 is 77.8 Å². The quantitative estimate of drug-likeness (QED) is 0.0195. The van der Waals surface area contributed by atoms with Crippen molar-refractivity contribution in [1.29, 1.82) is 0 Å². The Morgan fingerprint density at radius 1 is 0.361 bits per heavy atom. The zero-order valence-electron chi connectivity index (χ0n) is 41.8. The summed E-state index contributed by atoms with van der Waals surface area (Å²) in [5, 5.41) is 37.6. The fourth-order valence-corrected chi connectivity index (χ4v) is 10.1. The fourth-order valence-electron chi connectivity index (χ4n) is 6.82. The number of rotatable bonds is 25. The van der Waals surface area contributed by atoms with Gasteiger partial charge in [0.15, 0.2) is 0 Å². The Labute approximate surface area is 472 Å². The average Bonchev–Trinajstić information content (AvgIpc) is 3.62. The van der Waals surface area contributed by atoms with E-state index in [1.54, 1.807) is 0 Å². The Hall–Kier alpha value is -8.41. The van der Waals surface area contributed by atoms with Crippen LogP contribution < -0.4 is 15.5 Å². The molecule has 1 aromatic heterocycles. The van der Waals surface area contributed by atoms with E-state index in [0.29, 0.717) is 11.4 Å². The van der Waals surface area contributed by atoms with Gasteiger partial charge in [0.05, 0.1) is 55.4 Å². The minimum atomic E-state index is -4.91. The van der Waals surface area contributed by atoms with Crippen molar-refractivity contribution >= 4 is 135 Å². The standard InChI is InChI=1S/C45H42N14O18S6/c60-78(61,62)25-1-23-59(24-2-26-79(63,64)65)45-49-43(46-29-3-7-31(8-4-29)53-57-39-21-15-35(27-41(39)82(72,73)74)55-51-33-11-17-37(18-12-33)80(66,67)68)48-44(50-45)47-30-5-9-32(10-6-30)54-58-40-22-16-36(28-42(40)83(75,76)77)56-52-34-13-19-38(20-14-34)81(69,70)71/h3-22,27-28H,1-2,23-26H2,(H,60,61,62)(H,63,64,65)(H,66,67,68)(H,69,70,71)(H,72,73,74)(H,75,76,77)(H2,46,47,48,49,50). The third-order valence-corrected chi connectivity index (χ3v) is 15.7. The second-order valence-electron chi connectivity index (χ2n) is 16.9. The lowest BCUT2D eigenvalue weighted by atomic mass is 10.3. The molecule has 32 nitrogen and oxygen atoms in total. The van der Waals surface area contributed by atoms with Gasteiger partial charge in [-0.3, -0.25) is 27.3 Å². The van der Waals surface area contributed by atoms with E-state index >= 15 is 0 Å².